The molecule has 1 aliphatic rings. The Kier molecular flexibility index (Phi) is 5.16. The third-order valence-corrected chi connectivity index (χ3v) is 5.93. The van der Waals surface area contributed by atoms with Crippen molar-refractivity contribution in [2.75, 3.05) is 0 Å². The summed E-state index contributed by atoms with van der Waals surface area (Å²) in [6, 6.07) is 12.6. The third-order valence-electron chi connectivity index (χ3n) is 4.14. The summed E-state index contributed by atoms with van der Waals surface area (Å²) in [6.45, 7) is 1.04. The van der Waals surface area contributed by atoms with Crippen LogP contribution in [0.4, 0.5) is 13.2 Å². The van der Waals surface area contributed by atoms with Gasteiger partial charge in [-0.2, -0.15) is 13.2 Å². The SMILES string of the molecule is CC(N1C(=O)c2ccc(Br)cc2[C@@H]1SCc1ccccc1)C(F)(F)F. The summed E-state index contributed by atoms with van der Waals surface area (Å²) in [4.78, 5) is 13.6. The Bertz CT molecular complexity index is 782. The fraction of sp³-hybridized carbons (Fsp3) is 0.278. The smallest absolute Gasteiger partial charge is 0.311 e. The maximum Gasteiger partial charge on any atom is 0.408 e. The van der Waals surface area contributed by atoms with Crippen molar-refractivity contribution in [1.82, 2.24) is 4.90 Å². The van der Waals surface area contributed by atoms with E-state index in [0.29, 0.717) is 16.9 Å². The van der Waals surface area contributed by atoms with Gasteiger partial charge >= 0.3 is 6.18 Å². The highest BCUT2D eigenvalue weighted by atomic mass is 79.9. The zero-order chi connectivity index (χ0) is 18.2. The number of amides is 1. The first-order valence-corrected chi connectivity index (χ1v) is 9.47. The van der Waals surface area contributed by atoms with E-state index in [1.807, 2.05) is 30.3 Å². The molecule has 25 heavy (non-hydrogen) atoms. The summed E-state index contributed by atoms with van der Waals surface area (Å²) in [5, 5.41) is -0.670. The number of hydrogen-bond donors (Lipinski definition) is 0. The maximum atomic E-state index is 13.3. The molecule has 2 atom stereocenters. The summed E-state index contributed by atoms with van der Waals surface area (Å²) in [5.74, 6) is -0.0517. The van der Waals surface area contributed by atoms with Gasteiger partial charge in [-0.1, -0.05) is 46.3 Å². The fourth-order valence-corrected chi connectivity index (χ4v) is 4.52. The van der Waals surface area contributed by atoms with Crippen LogP contribution in [0.2, 0.25) is 0 Å². The molecule has 2 aromatic rings. The van der Waals surface area contributed by atoms with Crippen LogP contribution in [0.3, 0.4) is 0 Å². The maximum absolute atomic E-state index is 13.3. The predicted octanol–water partition coefficient (Wildman–Crippen LogP) is 5.79. The Labute approximate surface area is 156 Å². The lowest BCUT2D eigenvalue weighted by atomic mass is 10.1. The second kappa shape index (κ2) is 7.03. The zero-order valence-corrected chi connectivity index (χ0v) is 15.7. The average molecular weight is 430 g/mol. The van der Waals surface area contributed by atoms with Crippen molar-refractivity contribution in [3.8, 4) is 0 Å². The van der Waals surface area contributed by atoms with Gasteiger partial charge in [0.1, 0.15) is 11.4 Å². The minimum absolute atomic E-state index is 0.338. The average Bonchev–Trinajstić information content (AvgIpc) is 2.83. The van der Waals surface area contributed by atoms with E-state index in [1.54, 1.807) is 18.2 Å². The number of fused-ring (bicyclic) bond motifs is 1. The molecule has 1 amide bonds. The second-order valence-electron chi connectivity index (χ2n) is 5.81. The van der Waals surface area contributed by atoms with Crippen LogP contribution in [0.1, 0.15) is 33.8 Å². The van der Waals surface area contributed by atoms with Gasteiger partial charge in [0.2, 0.25) is 0 Å². The molecule has 0 aromatic heterocycles. The van der Waals surface area contributed by atoms with E-state index in [9.17, 15) is 18.0 Å². The van der Waals surface area contributed by atoms with Crippen LogP contribution < -0.4 is 0 Å². The standard InChI is InChI=1S/C18H15BrF3NOS/c1-11(18(20,21)22)23-16(24)14-8-7-13(19)9-15(14)17(23)25-10-12-5-3-2-4-6-12/h2-9,11,17H,10H2,1H3/t11?,17-/m0/s1. The number of carbonyl (C=O) groups is 1. The van der Waals surface area contributed by atoms with Crippen LogP contribution >= 0.6 is 27.7 Å². The highest BCUT2D eigenvalue weighted by Gasteiger charge is 2.49. The molecule has 2 nitrogen and oxygen atoms in total. The molecule has 0 N–H and O–H groups in total. The van der Waals surface area contributed by atoms with E-state index in [2.05, 4.69) is 15.9 Å². The first kappa shape index (κ1) is 18.3. The number of benzene rings is 2. The Hall–Kier alpha value is -1.47. The zero-order valence-electron chi connectivity index (χ0n) is 13.3. The molecule has 0 saturated carbocycles. The molecule has 3 rings (SSSR count). The molecule has 1 heterocycles. The highest BCUT2D eigenvalue weighted by Crippen LogP contribution is 2.46. The largest absolute Gasteiger partial charge is 0.408 e. The van der Waals surface area contributed by atoms with Crippen molar-refractivity contribution in [2.24, 2.45) is 0 Å². The normalized spacial score (nSPS) is 18.4. The van der Waals surface area contributed by atoms with E-state index < -0.39 is 23.5 Å². The van der Waals surface area contributed by atoms with Crippen molar-refractivity contribution in [3.63, 3.8) is 0 Å². The van der Waals surface area contributed by atoms with Gasteiger partial charge in [-0.15, -0.1) is 11.8 Å². The first-order chi connectivity index (χ1) is 11.8. The van der Waals surface area contributed by atoms with Gasteiger partial charge in [0.25, 0.3) is 5.91 Å². The minimum atomic E-state index is -4.47. The minimum Gasteiger partial charge on any atom is -0.311 e. The molecule has 0 saturated heterocycles. The number of alkyl halides is 3. The molecule has 0 radical (unpaired) electrons. The van der Waals surface area contributed by atoms with Crippen molar-refractivity contribution >= 4 is 33.6 Å². The van der Waals surface area contributed by atoms with E-state index in [1.165, 1.54) is 11.8 Å². The van der Waals surface area contributed by atoms with Crippen LogP contribution in [0.15, 0.2) is 53.0 Å². The van der Waals surface area contributed by atoms with Gasteiger partial charge in [0.05, 0.1) is 0 Å². The molecule has 1 unspecified atom stereocenters. The molecular weight excluding hydrogens is 415 g/mol. The number of carbonyl (C=O) groups excluding carboxylic acids is 1. The highest BCUT2D eigenvalue weighted by molar-refractivity contribution is 9.10. The van der Waals surface area contributed by atoms with E-state index in [4.69, 9.17) is 0 Å². The predicted molar refractivity (Wildman–Crippen MR) is 96.3 cm³/mol. The lowest BCUT2D eigenvalue weighted by molar-refractivity contribution is -0.172. The summed E-state index contributed by atoms with van der Waals surface area (Å²) < 4.78 is 40.6. The van der Waals surface area contributed by atoms with Crippen molar-refractivity contribution < 1.29 is 18.0 Å². The first-order valence-electron chi connectivity index (χ1n) is 7.63. The number of thioether (sulfide) groups is 1. The molecule has 0 bridgehead atoms. The third kappa shape index (κ3) is 3.72. The van der Waals surface area contributed by atoms with E-state index in [-0.39, 0.29) is 0 Å². The Morgan fingerprint density at radius 3 is 2.52 bits per heavy atom. The van der Waals surface area contributed by atoms with Crippen LogP contribution in [0.5, 0.6) is 0 Å². The fourth-order valence-electron chi connectivity index (χ4n) is 2.78. The number of nitrogens with zero attached hydrogens (tertiary/aromatic N) is 1. The molecule has 2 aromatic carbocycles. The van der Waals surface area contributed by atoms with Crippen LogP contribution in [0, 0.1) is 0 Å². The van der Waals surface area contributed by atoms with Gasteiger partial charge in [-0.05, 0) is 36.2 Å². The lowest BCUT2D eigenvalue weighted by Gasteiger charge is -2.32. The summed E-state index contributed by atoms with van der Waals surface area (Å²) in [7, 11) is 0. The van der Waals surface area contributed by atoms with Gasteiger partial charge in [-0.25, -0.2) is 0 Å². The summed E-state index contributed by atoms with van der Waals surface area (Å²) in [5.41, 5.74) is 1.96. The monoisotopic (exact) mass is 429 g/mol. The van der Waals surface area contributed by atoms with Gasteiger partial charge < -0.3 is 4.90 Å². The number of hydrogen-bond acceptors (Lipinski definition) is 2. The van der Waals surface area contributed by atoms with Crippen molar-refractivity contribution in [1.29, 1.82) is 0 Å². The molecular formula is C18H15BrF3NOS. The summed E-state index contributed by atoms with van der Waals surface area (Å²) >= 11 is 4.67. The van der Waals surface area contributed by atoms with Crippen molar-refractivity contribution in [3.05, 3.63) is 69.7 Å². The molecule has 7 heteroatoms. The van der Waals surface area contributed by atoms with Crippen LogP contribution in [-0.4, -0.2) is 23.0 Å². The topological polar surface area (TPSA) is 20.3 Å². The molecule has 0 spiro atoms. The number of rotatable bonds is 4. The quantitative estimate of drug-likeness (QED) is 0.612. The Balaban J connectivity index is 1.94. The van der Waals surface area contributed by atoms with Crippen LogP contribution in [0.25, 0.3) is 0 Å². The van der Waals surface area contributed by atoms with E-state index >= 15 is 0 Å². The number of halogens is 4. The van der Waals surface area contributed by atoms with Crippen molar-refractivity contribution in [2.45, 2.75) is 30.3 Å². The Morgan fingerprint density at radius 2 is 1.88 bits per heavy atom. The van der Waals surface area contributed by atoms with Gasteiger partial charge in [-0.3, -0.25) is 4.79 Å². The molecule has 0 aliphatic carbocycles. The summed E-state index contributed by atoms with van der Waals surface area (Å²) in [6.07, 6.45) is -4.47. The van der Waals surface area contributed by atoms with Gasteiger partial charge in [0.15, 0.2) is 0 Å². The van der Waals surface area contributed by atoms with E-state index in [0.717, 1.165) is 21.9 Å². The van der Waals surface area contributed by atoms with Gasteiger partial charge in [0, 0.05) is 15.8 Å². The van der Waals surface area contributed by atoms with Crippen LogP contribution in [-0.2, 0) is 5.75 Å². The molecule has 132 valence electrons. The second-order valence-corrected chi connectivity index (χ2v) is 7.79. The molecule has 0 fully saturated rings. The lowest BCUT2D eigenvalue weighted by Crippen LogP contribution is -2.44. The Morgan fingerprint density at radius 1 is 1.20 bits per heavy atom. The molecule has 1 aliphatic heterocycles.